The average molecular weight is 372 g/mol. The van der Waals surface area contributed by atoms with Gasteiger partial charge in [-0.1, -0.05) is 38.1 Å². The first kappa shape index (κ1) is 18.0. The monoisotopic (exact) mass is 372 g/mol. The fourth-order valence-corrected chi connectivity index (χ4v) is 3.37. The van der Waals surface area contributed by atoms with Crippen LogP contribution in [0.25, 0.3) is 16.7 Å². The highest BCUT2D eigenvalue weighted by Crippen LogP contribution is 2.22. The van der Waals surface area contributed by atoms with Crippen molar-refractivity contribution in [3.05, 3.63) is 84.4 Å². The molecule has 1 amide bonds. The zero-order valence-corrected chi connectivity index (χ0v) is 16.1. The minimum Gasteiger partial charge on any atom is -0.346 e. The largest absolute Gasteiger partial charge is 0.346 e. The lowest BCUT2D eigenvalue weighted by Gasteiger charge is -2.20. The molecule has 2 heterocycles. The molecule has 2 aromatic heterocycles. The Hall–Kier alpha value is -3.34. The first-order valence-electron chi connectivity index (χ1n) is 9.56. The van der Waals surface area contributed by atoms with E-state index >= 15 is 0 Å². The lowest BCUT2D eigenvalue weighted by molar-refractivity contribution is -0.121. The number of amides is 1. The van der Waals surface area contributed by atoms with Crippen molar-refractivity contribution >= 4 is 16.9 Å². The first-order valence-corrected chi connectivity index (χ1v) is 9.56. The van der Waals surface area contributed by atoms with Gasteiger partial charge in [0.15, 0.2) is 0 Å². The number of imidazole rings is 1. The van der Waals surface area contributed by atoms with Crippen LogP contribution in [0.1, 0.15) is 31.3 Å². The van der Waals surface area contributed by atoms with Gasteiger partial charge >= 0.3 is 0 Å². The first-order chi connectivity index (χ1) is 13.6. The van der Waals surface area contributed by atoms with Gasteiger partial charge in [-0.05, 0) is 47.9 Å². The van der Waals surface area contributed by atoms with Crippen LogP contribution >= 0.6 is 0 Å². The zero-order valence-electron chi connectivity index (χ0n) is 16.1. The Kier molecular flexibility index (Phi) is 4.98. The summed E-state index contributed by atoms with van der Waals surface area (Å²) in [6, 6.07) is 19.8. The normalized spacial score (nSPS) is 12.4. The molecule has 0 bridgehead atoms. The highest BCUT2D eigenvalue weighted by atomic mass is 16.1. The molecule has 5 nitrogen and oxygen atoms in total. The Morgan fingerprint density at radius 3 is 2.43 bits per heavy atom. The molecule has 142 valence electrons. The number of carbonyl (C=O) groups is 1. The molecular formula is C23H24N4O. The van der Waals surface area contributed by atoms with E-state index in [0.29, 0.717) is 6.42 Å². The molecule has 2 aromatic carbocycles. The topological polar surface area (TPSA) is 62.7 Å². The number of hydrogen-bond donors (Lipinski definition) is 2. The van der Waals surface area contributed by atoms with E-state index in [4.69, 9.17) is 0 Å². The summed E-state index contributed by atoms with van der Waals surface area (Å²) in [5, 5.41) is 3.15. The van der Waals surface area contributed by atoms with Crippen molar-refractivity contribution in [3.8, 4) is 5.69 Å². The SMILES string of the molecule is CC(C)C(NC(=O)Cc1ccc(-n2cccc2)cc1)c1nc2ccccc2[nH]1. The second-order valence-corrected chi connectivity index (χ2v) is 7.36. The number of H-pyrrole nitrogens is 1. The summed E-state index contributed by atoms with van der Waals surface area (Å²) in [4.78, 5) is 20.7. The van der Waals surface area contributed by atoms with E-state index in [1.165, 1.54) is 0 Å². The highest BCUT2D eigenvalue weighted by Gasteiger charge is 2.21. The van der Waals surface area contributed by atoms with Gasteiger partial charge in [-0.2, -0.15) is 0 Å². The van der Waals surface area contributed by atoms with Crippen LogP contribution in [0.15, 0.2) is 73.1 Å². The van der Waals surface area contributed by atoms with E-state index < -0.39 is 0 Å². The number of rotatable bonds is 6. The number of fused-ring (bicyclic) bond motifs is 1. The Morgan fingerprint density at radius 2 is 1.75 bits per heavy atom. The summed E-state index contributed by atoms with van der Waals surface area (Å²) in [6.45, 7) is 4.17. The quantitative estimate of drug-likeness (QED) is 0.527. The van der Waals surface area contributed by atoms with Crippen molar-refractivity contribution in [3.63, 3.8) is 0 Å². The number of carbonyl (C=O) groups excluding carboxylic acids is 1. The van der Waals surface area contributed by atoms with E-state index in [9.17, 15) is 4.79 Å². The summed E-state index contributed by atoms with van der Waals surface area (Å²) in [5.41, 5.74) is 3.97. The van der Waals surface area contributed by atoms with Crippen molar-refractivity contribution in [1.29, 1.82) is 0 Å². The van der Waals surface area contributed by atoms with E-state index in [2.05, 4.69) is 29.1 Å². The maximum Gasteiger partial charge on any atom is 0.225 e. The molecule has 1 atom stereocenters. The average Bonchev–Trinajstić information content (AvgIpc) is 3.36. The summed E-state index contributed by atoms with van der Waals surface area (Å²) >= 11 is 0. The third kappa shape index (κ3) is 3.83. The number of para-hydroxylation sites is 2. The molecule has 1 unspecified atom stereocenters. The van der Waals surface area contributed by atoms with Gasteiger partial charge in [0, 0.05) is 18.1 Å². The third-order valence-electron chi connectivity index (χ3n) is 4.89. The summed E-state index contributed by atoms with van der Waals surface area (Å²) in [7, 11) is 0. The molecule has 4 aromatic rings. The molecule has 4 rings (SSSR count). The van der Waals surface area contributed by atoms with Crippen molar-refractivity contribution in [2.24, 2.45) is 5.92 Å². The van der Waals surface area contributed by atoms with Gasteiger partial charge < -0.3 is 14.9 Å². The van der Waals surface area contributed by atoms with Crippen molar-refractivity contribution in [2.75, 3.05) is 0 Å². The minimum atomic E-state index is -0.154. The summed E-state index contributed by atoms with van der Waals surface area (Å²) < 4.78 is 2.04. The number of nitrogens with one attached hydrogen (secondary N) is 2. The Labute approximate surface area is 164 Å². The van der Waals surface area contributed by atoms with Gasteiger partial charge in [-0.15, -0.1) is 0 Å². The molecule has 0 saturated heterocycles. The molecule has 0 aliphatic carbocycles. The fourth-order valence-electron chi connectivity index (χ4n) is 3.37. The van der Waals surface area contributed by atoms with Crippen molar-refractivity contribution < 1.29 is 4.79 Å². The predicted octanol–water partition coefficient (Wildman–Crippen LogP) is 4.41. The van der Waals surface area contributed by atoms with Crippen LogP contribution in [0.3, 0.4) is 0 Å². The lowest BCUT2D eigenvalue weighted by Crippen LogP contribution is -2.33. The van der Waals surface area contributed by atoms with Crippen LogP contribution in [-0.2, 0) is 11.2 Å². The molecule has 0 radical (unpaired) electrons. The standard InChI is InChI=1S/C23H24N4O/c1-16(2)22(23-24-19-7-3-4-8-20(19)25-23)26-21(28)15-17-9-11-18(12-10-17)27-13-5-6-14-27/h3-14,16,22H,15H2,1-2H3,(H,24,25)(H,26,28). The Morgan fingerprint density at radius 1 is 1.04 bits per heavy atom. The minimum absolute atomic E-state index is 0.00660. The second-order valence-electron chi connectivity index (χ2n) is 7.36. The number of benzene rings is 2. The summed E-state index contributed by atoms with van der Waals surface area (Å²) in [6.07, 6.45) is 4.35. The summed E-state index contributed by atoms with van der Waals surface area (Å²) in [5.74, 6) is 1.01. The number of nitrogens with zero attached hydrogens (tertiary/aromatic N) is 2. The number of aromatic amines is 1. The van der Waals surface area contributed by atoms with Crippen molar-refractivity contribution in [2.45, 2.75) is 26.3 Å². The second kappa shape index (κ2) is 7.72. The van der Waals surface area contributed by atoms with Gasteiger partial charge in [0.2, 0.25) is 5.91 Å². The van der Waals surface area contributed by atoms with Crippen LogP contribution in [0.4, 0.5) is 0 Å². The molecular weight excluding hydrogens is 348 g/mol. The molecule has 0 aliphatic heterocycles. The van der Waals surface area contributed by atoms with Crippen LogP contribution in [0.2, 0.25) is 0 Å². The molecule has 2 N–H and O–H groups in total. The van der Waals surface area contributed by atoms with Crippen LogP contribution in [-0.4, -0.2) is 20.4 Å². The molecule has 5 heteroatoms. The molecule has 28 heavy (non-hydrogen) atoms. The van der Waals surface area contributed by atoms with Gasteiger partial charge in [0.25, 0.3) is 0 Å². The number of aromatic nitrogens is 3. The lowest BCUT2D eigenvalue weighted by atomic mass is 10.0. The van der Waals surface area contributed by atoms with Gasteiger partial charge in [-0.3, -0.25) is 4.79 Å². The highest BCUT2D eigenvalue weighted by molar-refractivity contribution is 5.79. The van der Waals surface area contributed by atoms with E-state index in [0.717, 1.165) is 28.1 Å². The van der Waals surface area contributed by atoms with Gasteiger partial charge in [0.1, 0.15) is 5.82 Å². The van der Waals surface area contributed by atoms with Crippen LogP contribution in [0.5, 0.6) is 0 Å². The van der Waals surface area contributed by atoms with Crippen molar-refractivity contribution in [1.82, 2.24) is 19.9 Å². The van der Waals surface area contributed by atoms with E-state index in [1.54, 1.807) is 0 Å². The van der Waals surface area contributed by atoms with E-state index in [-0.39, 0.29) is 17.9 Å². The maximum atomic E-state index is 12.7. The maximum absolute atomic E-state index is 12.7. The number of hydrogen-bond acceptors (Lipinski definition) is 2. The molecule has 0 fully saturated rings. The zero-order chi connectivity index (χ0) is 19.5. The van der Waals surface area contributed by atoms with Gasteiger partial charge in [-0.25, -0.2) is 4.98 Å². The van der Waals surface area contributed by atoms with E-state index in [1.807, 2.05) is 77.6 Å². The smallest absolute Gasteiger partial charge is 0.225 e. The predicted molar refractivity (Wildman–Crippen MR) is 111 cm³/mol. The van der Waals surface area contributed by atoms with Gasteiger partial charge in [0.05, 0.1) is 23.5 Å². The third-order valence-corrected chi connectivity index (χ3v) is 4.89. The van der Waals surface area contributed by atoms with Crippen LogP contribution in [0, 0.1) is 5.92 Å². The molecule has 0 aliphatic rings. The molecule has 0 saturated carbocycles. The molecule has 0 spiro atoms. The Balaban J connectivity index is 1.46. The fraction of sp³-hybridized carbons (Fsp3) is 0.217. The Bertz CT molecular complexity index is 1030. The van der Waals surface area contributed by atoms with Crippen LogP contribution < -0.4 is 5.32 Å².